The van der Waals surface area contributed by atoms with Gasteiger partial charge in [0.15, 0.2) is 0 Å². The minimum Gasteiger partial charge on any atom is -0.598 e. The molecule has 1 N–H and O–H groups in total. The van der Waals surface area contributed by atoms with Gasteiger partial charge in [0.05, 0.1) is 6.04 Å². The Balaban J connectivity index is 2.83. The average molecular weight is 322 g/mol. The number of hydrogen-bond donors (Lipinski definition) is 1. The third kappa shape index (κ3) is 4.25. The summed E-state index contributed by atoms with van der Waals surface area (Å²) in [6.07, 6.45) is 0. The molecule has 5 heteroatoms. The maximum absolute atomic E-state index is 13.6. The smallest absolute Gasteiger partial charge is 0.136 e. The summed E-state index contributed by atoms with van der Waals surface area (Å²) in [7, 11) is 0. The van der Waals surface area contributed by atoms with Crippen LogP contribution in [-0.4, -0.2) is 9.30 Å². The van der Waals surface area contributed by atoms with Crippen molar-refractivity contribution in [1.29, 1.82) is 0 Å². The summed E-state index contributed by atoms with van der Waals surface area (Å²) >= 11 is 2.09. The van der Waals surface area contributed by atoms with E-state index in [1.165, 1.54) is 6.07 Å². The Morgan fingerprint density at radius 1 is 1.41 bits per heavy atom. The van der Waals surface area contributed by atoms with Crippen LogP contribution in [-0.2, 0) is 11.4 Å². The molecular formula is C12H17BrFNOS. The van der Waals surface area contributed by atoms with Crippen molar-refractivity contribution >= 4 is 27.3 Å². The molecule has 17 heavy (non-hydrogen) atoms. The molecule has 0 amide bonds. The summed E-state index contributed by atoms with van der Waals surface area (Å²) in [6, 6.07) is 4.45. The van der Waals surface area contributed by atoms with Crippen molar-refractivity contribution in [2.24, 2.45) is 0 Å². The highest BCUT2D eigenvalue weighted by atomic mass is 79.9. The first kappa shape index (κ1) is 15.0. The van der Waals surface area contributed by atoms with E-state index in [4.69, 9.17) is 0 Å². The van der Waals surface area contributed by atoms with E-state index in [0.29, 0.717) is 5.56 Å². The maximum atomic E-state index is 13.6. The average Bonchev–Trinajstić information content (AvgIpc) is 2.20. The van der Waals surface area contributed by atoms with Crippen molar-refractivity contribution in [1.82, 2.24) is 4.72 Å². The molecule has 2 atom stereocenters. The molecular weight excluding hydrogens is 305 g/mol. The number of halogens is 2. The second kappa shape index (κ2) is 5.69. The largest absolute Gasteiger partial charge is 0.598 e. The van der Waals surface area contributed by atoms with Gasteiger partial charge >= 0.3 is 0 Å². The van der Waals surface area contributed by atoms with Crippen molar-refractivity contribution in [3.05, 3.63) is 34.1 Å². The van der Waals surface area contributed by atoms with E-state index in [0.717, 1.165) is 4.47 Å². The molecule has 0 aliphatic carbocycles. The van der Waals surface area contributed by atoms with Crippen LogP contribution in [0.5, 0.6) is 0 Å². The minimum absolute atomic E-state index is 0.292. The zero-order valence-electron chi connectivity index (χ0n) is 10.4. The van der Waals surface area contributed by atoms with Gasteiger partial charge in [-0.1, -0.05) is 15.9 Å². The van der Waals surface area contributed by atoms with Crippen LogP contribution in [0, 0.1) is 5.82 Å². The molecule has 0 saturated heterocycles. The lowest BCUT2D eigenvalue weighted by molar-refractivity contribution is 0.522. The second-order valence-electron chi connectivity index (χ2n) is 4.89. The maximum Gasteiger partial charge on any atom is 0.136 e. The minimum atomic E-state index is -1.21. The molecule has 0 radical (unpaired) electrons. The molecule has 1 rings (SSSR count). The van der Waals surface area contributed by atoms with Crippen molar-refractivity contribution in [3.8, 4) is 0 Å². The van der Waals surface area contributed by atoms with Gasteiger partial charge in [0.25, 0.3) is 0 Å². The third-order valence-corrected chi connectivity index (χ3v) is 4.44. The van der Waals surface area contributed by atoms with Gasteiger partial charge in [-0.25, -0.2) is 4.39 Å². The number of rotatable bonds is 3. The molecule has 0 heterocycles. The first-order valence-corrected chi connectivity index (χ1v) is 7.29. The van der Waals surface area contributed by atoms with Gasteiger partial charge in [-0.05, 0) is 45.9 Å². The standard InChI is InChI=1S/C12H17BrFNOS/c1-8(15-17(16)12(2,3)4)10-7-9(13)5-6-11(10)14/h5-8,15H,1-4H3/t8-,17?/m0/s1. The van der Waals surface area contributed by atoms with E-state index in [1.54, 1.807) is 19.1 Å². The lowest BCUT2D eigenvalue weighted by atomic mass is 10.1. The Bertz CT molecular complexity index is 395. The summed E-state index contributed by atoms with van der Waals surface area (Å²) < 4.78 is 28.9. The summed E-state index contributed by atoms with van der Waals surface area (Å²) in [5, 5.41) is 0. The normalized spacial score (nSPS) is 15.7. The summed E-state index contributed by atoms with van der Waals surface area (Å²) in [6.45, 7) is 7.43. The molecule has 0 aliphatic rings. The van der Waals surface area contributed by atoms with Crippen LogP contribution < -0.4 is 4.72 Å². The van der Waals surface area contributed by atoms with E-state index in [2.05, 4.69) is 20.7 Å². The monoisotopic (exact) mass is 321 g/mol. The highest BCUT2D eigenvalue weighted by Crippen LogP contribution is 2.24. The van der Waals surface area contributed by atoms with Crippen molar-refractivity contribution in [2.75, 3.05) is 0 Å². The zero-order valence-corrected chi connectivity index (χ0v) is 12.8. The fourth-order valence-corrected chi connectivity index (χ4v) is 2.43. The third-order valence-electron chi connectivity index (χ3n) is 2.26. The van der Waals surface area contributed by atoms with E-state index in [9.17, 15) is 8.94 Å². The Kier molecular flexibility index (Phi) is 5.01. The molecule has 1 unspecified atom stereocenters. The van der Waals surface area contributed by atoms with Crippen LogP contribution in [0.2, 0.25) is 0 Å². The van der Waals surface area contributed by atoms with Gasteiger partial charge in [-0.3, -0.25) is 0 Å². The summed E-state index contributed by atoms with van der Waals surface area (Å²) in [5.41, 5.74) is 0.511. The van der Waals surface area contributed by atoms with E-state index < -0.39 is 11.4 Å². The van der Waals surface area contributed by atoms with Crippen molar-refractivity contribution in [2.45, 2.75) is 38.5 Å². The summed E-state index contributed by atoms with van der Waals surface area (Å²) in [4.78, 5) is 0. The van der Waals surface area contributed by atoms with Gasteiger partial charge in [-0.15, -0.1) is 4.72 Å². The molecule has 0 aromatic heterocycles. The fraction of sp³-hybridized carbons (Fsp3) is 0.500. The van der Waals surface area contributed by atoms with Crippen LogP contribution in [0.3, 0.4) is 0 Å². The van der Waals surface area contributed by atoms with Gasteiger partial charge in [-0.2, -0.15) is 0 Å². The molecule has 0 saturated carbocycles. The number of benzene rings is 1. The Morgan fingerprint density at radius 3 is 2.53 bits per heavy atom. The second-order valence-corrected chi connectivity index (χ2v) is 7.80. The zero-order chi connectivity index (χ0) is 13.2. The van der Waals surface area contributed by atoms with Crippen LogP contribution in [0.4, 0.5) is 4.39 Å². The Labute approximate surface area is 113 Å². The van der Waals surface area contributed by atoms with Crippen LogP contribution >= 0.6 is 15.9 Å². The topological polar surface area (TPSA) is 35.1 Å². The van der Waals surface area contributed by atoms with Crippen LogP contribution in [0.25, 0.3) is 0 Å². The quantitative estimate of drug-likeness (QED) is 0.861. The lowest BCUT2D eigenvalue weighted by Gasteiger charge is -2.26. The van der Waals surface area contributed by atoms with Crippen LogP contribution in [0.1, 0.15) is 39.3 Å². The molecule has 0 bridgehead atoms. The van der Waals surface area contributed by atoms with Crippen LogP contribution in [0.15, 0.2) is 22.7 Å². The Morgan fingerprint density at radius 2 is 2.00 bits per heavy atom. The predicted molar refractivity (Wildman–Crippen MR) is 73.5 cm³/mol. The van der Waals surface area contributed by atoms with Gasteiger partial charge in [0.2, 0.25) is 0 Å². The molecule has 0 aliphatic heterocycles. The van der Waals surface area contributed by atoms with E-state index >= 15 is 0 Å². The Hall–Kier alpha value is -0.100. The SMILES string of the molecule is C[C@H](N[S+]([O-])C(C)(C)C)c1cc(Br)ccc1F. The lowest BCUT2D eigenvalue weighted by Crippen LogP contribution is -2.40. The summed E-state index contributed by atoms with van der Waals surface area (Å²) in [5.74, 6) is -0.292. The first-order valence-electron chi connectivity index (χ1n) is 5.35. The molecule has 1 aromatic carbocycles. The van der Waals surface area contributed by atoms with Crippen molar-refractivity contribution < 1.29 is 8.94 Å². The highest BCUT2D eigenvalue weighted by molar-refractivity contribution is 9.10. The van der Waals surface area contributed by atoms with Gasteiger partial charge < -0.3 is 4.55 Å². The number of nitrogens with one attached hydrogen (secondary N) is 1. The first-order chi connectivity index (χ1) is 7.71. The molecule has 2 nitrogen and oxygen atoms in total. The van der Waals surface area contributed by atoms with E-state index in [1.807, 2.05) is 20.8 Å². The van der Waals surface area contributed by atoms with E-state index in [-0.39, 0.29) is 16.6 Å². The highest BCUT2D eigenvalue weighted by Gasteiger charge is 2.29. The molecule has 0 spiro atoms. The molecule has 96 valence electrons. The van der Waals surface area contributed by atoms with Gasteiger partial charge in [0, 0.05) is 21.4 Å². The predicted octanol–water partition coefficient (Wildman–Crippen LogP) is 3.70. The van der Waals surface area contributed by atoms with Crippen molar-refractivity contribution in [3.63, 3.8) is 0 Å². The number of hydrogen-bond acceptors (Lipinski definition) is 2. The fourth-order valence-electron chi connectivity index (χ4n) is 1.25. The molecule has 0 fully saturated rings. The van der Waals surface area contributed by atoms with Gasteiger partial charge in [0.1, 0.15) is 10.6 Å². The molecule has 1 aromatic rings.